The first-order valence-corrected chi connectivity index (χ1v) is 9.59. The molecule has 0 unspecified atom stereocenters. The summed E-state index contributed by atoms with van der Waals surface area (Å²) in [5, 5.41) is 5.55. The molecule has 0 heterocycles. The fourth-order valence-electron chi connectivity index (χ4n) is 2.89. The third-order valence-electron chi connectivity index (χ3n) is 4.30. The van der Waals surface area contributed by atoms with E-state index in [1.807, 2.05) is 0 Å². The van der Waals surface area contributed by atoms with Crippen LogP contribution in [0.2, 0.25) is 0 Å². The summed E-state index contributed by atoms with van der Waals surface area (Å²) in [7, 11) is 0. The van der Waals surface area contributed by atoms with Gasteiger partial charge in [0.05, 0.1) is 6.42 Å². The van der Waals surface area contributed by atoms with E-state index in [-0.39, 0.29) is 30.6 Å². The molecule has 0 saturated heterocycles. The highest BCUT2D eigenvalue weighted by Gasteiger charge is 2.09. The Morgan fingerprint density at radius 3 is 2.35 bits per heavy atom. The number of hydrogen-bond acceptors (Lipinski definition) is 4. The summed E-state index contributed by atoms with van der Waals surface area (Å²) in [6, 6.07) is 19.3. The van der Waals surface area contributed by atoms with Gasteiger partial charge in [0.25, 0.3) is 5.91 Å². The number of nitrogens with one attached hydrogen (secondary N) is 2. The van der Waals surface area contributed by atoms with Crippen LogP contribution >= 0.6 is 0 Å². The molecule has 3 rings (SSSR count). The number of rotatable bonds is 7. The number of hydrogen-bond donors (Lipinski definition) is 2. The minimum atomic E-state index is -0.458. The zero-order valence-electron chi connectivity index (χ0n) is 16.9. The molecule has 6 nitrogen and oxygen atoms in total. The fraction of sp³-hybridized carbons (Fsp3) is 0.125. The van der Waals surface area contributed by atoms with Crippen molar-refractivity contribution in [2.45, 2.75) is 19.9 Å². The van der Waals surface area contributed by atoms with E-state index in [0.717, 1.165) is 5.56 Å². The molecule has 0 fully saturated rings. The third kappa shape index (κ3) is 6.78. The van der Waals surface area contributed by atoms with E-state index < -0.39 is 5.97 Å². The summed E-state index contributed by atoms with van der Waals surface area (Å²) >= 11 is 0. The molecule has 7 heteroatoms. The summed E-state index contributed by atoms with van der Waals surface area (Å²) < 4.78 is 18.2. The molecule has 0 aliphatic rings. The van der Waals surface area contributed by atoms with Gasteiger partial charge in [-0.05, 0) is 53.6 Å². The van der Waals surface area contributed by atoms with Crippen LogP contribution in [-0.4, -0.2) is 17.8 Å². The third-order valence-corrected chi connectivity index (χ3v) is 4.30. The summed E-state index contributed by atoms with van der Waals surface area (Å²) in [6.07, 6.45) is 0.0714. The Kier molecular flexibility index (Phi) is 7.11. The van der Waals surface area contributed by atoms with Crippen LogP contribution in [0, 0.1) is 5.82 Å². The van der Waals surface area contributed by atoms with Crippen molar-refractivity contribution in [3.05, 3.63) is 95.3 Å². The average molecular weight is 420 g/mol. The van der Waals surface area contributed by atoms with Crippen LogP contribution in [0.25, 0.3) is 0 Å². The molecule has 0 aromatic heterocycles. The molecule has 0 atom stereocenters. The first kappa shape index (κ1) is 21.7. The minimum absolute atomic E-state index is 0.0714. The van der Waals surface area contributed by atoms with Crippen molar-refractivity contribution < 1.29 is 23.5 Å². The fourth-order valence-corrected chi connectivity index (χ4v) is 2.89. The summed E-state index contributed by atoms with van der Waals surface area (Å²) in [5.74, 6) is -1.09. The molecule has 2 N–H and O–H groups in total. The molecular weight excluding hydrogens is 399 g/mol. The highest BCUT2D eigenvalue weighted by molar-refractivity contribution is 5.94. The predicted molar refractivity (Wildman–Crippen MR) is 114 cm³/mol. The molecule has 31 heavy (non-hydrogen) atoms. The number of carbonyl (C=O) groups excluding carboxylic acids is 3. The van der Waals surface area contributed by atoms with Crippen LogP contribution < -0.4 is 15.4 Å². The molecule has 0 aliphatic heterocycles. The molecule has 158 valence electrons. The maximum atomic E-state index is 13.2. The van der Waals surface area contributed by atoms with Gasteiger partial charge >= 0.3 is 5.97 Å². The number of esters is 1. The molecule has 0 saturated carbocycles. The van der Waals surface area contributed by atoms with Crippen molar-refractivity contribution in [3.8, 4) is 5.75 Å². The molecule has 3 aromatic rings. The Hall–Kier alpha value is -4.00. The summed E-state index contributed by atoms with van der Waals surface area (Å²) in [4.78, 5) is 35.5. The van der Waals surface area contributed by atoms with Gasteiger partial charge in [-0.25, -0.2) is 4.39 Å². The second-order valence-corrected chi connectivity index (χ2v) is 6.86. The minimum Gasteiger partial charge on any atom is -0.427 e. The highest BCUT2D eigenvalue weighted by Crippen LogP contribution is 2.14. The van der Waals surface area contributed by atoms with E-state index in [9.17, 15) is 18.8 Å². The van der Waals surface area contributed by atoms with Gasteiger partial charge in [0.2, 0.25) is 5.91 Å². The van der Waals surface area contributed by atoms with Crippen LogP contribution in [-0.2, 0) is 22.6 Å². The normalized spacial score (nSPS) is 10.3. The van der Waals surface area contributed by atoms with E-state index in [0.29, 0.717) is 22.6 Å². The molecule has 0 bridgehead atoms. The van der Waals surface area contributed by atoms with Gasteiger partial charge in [-0.3, -0.25) is 14.4 Å². The second kappa shape index (κ2) is 10.2. The van der Waals surface area contributed by atoms with E-state index in [2.05, 4.69) is 10.6 Å². The number of carbonyl (C=O) groups is 3. The average Bonchev–Trinajstić information content (AvgIpc) is 2.72. The quantitative estimate of drug-likeness (QED) is 0.449. The maximum Gasteiger partial charge on any atom is 0.308 e. The van der Waals surface area contributed by atoms with E-state index in [1.54, 1.807) is 54.6 Å². The second-order valence-electron chi connectivity index (χ2n) is 6.86. The SMILES string of the molecule is CC(=O)Oc1cccc(C(=O)NCc2ccc(NC(=O)Cc3cccc(F)c3)cc2)c1. The van der Waals surface area contributed by atoms with Crippen molar-refractivity contribution in [1.82, 2.24) is 5.32 Å². The molecule has 0 radical (unpaired) electrons. The van der Waals surface area contributed by atoms with Crippen LogP contribution in [0.4, 0.5) is 10.1 Å². The summed E-state index contributed by atoms with van der Waals surface area (Å²) in [6.45, 7) is 1.58. The molecule has 0 aliphatic carbocycles. The number of benzene rings is 3. The highest BCUT2D eigenvalue weighted by atomic mass is 19.1. The largest absolute Gasteiger partial charge is 0.427 e. The van der Waals surface area contributed by atoms with E-state index in [4.69, 9.17) is 4.74 Å². The first-order chi connectivity index (χ1) is 14.9. The van der Waals surface area contributed by atoms with Crippen molar-refractivity contribution in [2.24, 2.45) is 0 Å². The Labute approximate surface area is 179 Å². The van der Waals surface area contributed by atoms with Crippen molar-refractivity contribution in [2.75, 3.05) is 5.32 Å². The lowest BCUT2D eigenvalue weighted by molar-refractivity contribution is -0.131. The smallest absolute Gasteiger partial charge is 0.308 e. The standard InChI is InChI=1S/C24H21FN2O4/c1-16(28)31-22-7-3-5-19(14-22)24(30)26-15-17-8-10-21(11-9-17)27-23(29)13-18-4-2-6-20(25)12-18/h2-12,14H,13,15H2,1H3,(H,26,30)(H,27,29). The van der Waals surface area contributed by atoms with Crippen LogP contribution in [0.5, 0.6) is 5.75 Å². The maximum absolute atomic E-state index is 13.2. The van der Waals surface area contributed by atoms with Crippen LogP contribution in [0.1, 0.15) is 28.4 Å². The molecular formula is C24H21FN2O4. The predicted octanol–water partition coefficient (Wildman–Crippen LogP) is 3.86. The van der Waals surface area contributed by atoms with Gasteiger partial charge in [0.15, 0.2) is 0 Å². The Morgan fingerprint density at radius 1 is 0.903 bits per heavy atom. The topological polar surface area (TPSA) is 84.5 Å². The monoisotopic (exact) mass is 420 g/mol. The lowest BCUT2D eigenvalue weighted by atomic mass is 10.1. The summed E-state index contributed by atoms with van der Waals surface area (Å²) in [5.41, 5.74) is 2.41. The van der Waals surface area contributed by atoms with Crippen molar-refractivity contribution in [3.63, 3.8) is 0 Å². The first-order valence-electron chi connectivity index (χ1n) is 9.59. The van der Waals surface area contributed by atoms with Crippen LogP contribution in [0.3, 0.4) is 0 Å². The van der Waals surface area contributed by atoms with E-state index in [1.165, 1.54) is 25.1 Å². The Morgan fingerprint density at radius 2 is 1.65 bits per heavy atom. The van der Waals surface area contributed by atoms with Crippen LogP contribution in [0.15, 0.2) is 72.8 Å². The molecule has 3 aromatic carbocycles. The van der Waals surface area contributed by atoms with Crippen molar-refractivity contribution in [1.29, 1.82) is 0 Å². The van der Waals surface area contributed by atoms with Gasteiger partial charge in [-0.2, -0.15) is 0 Å². The lowest BCUT2D eigenvalue weighted by Crippen LogP contribution is -2.22. The zero-order chi connectivity index (χ0) is 22.2. The molecule has 0 spiro atoms. The van der Waals surface area contributed by atoms with Gasteiger partial charge in [0.1, 0.15) is 11.6 Å². The zero-order valence-corrected chi connectivity index (χ0v) is 16.9. The van der Waals surface area contributed by atoms with Gasteiger partial charge in [-0.15, -0.1) is 0 Å². The Balaban J connectivity index is 1.51. The van der Waals surface area contributed by atoms with E-state index >= 15 is 0 Å². The number of amides is 2. The van der Waals surface area contributed by atoms with Gasteiger partial charge < -0.3 is 15.4 Å². The Bertz CT molecular complexity index is 1100. The molecule has 2 amide bonds. The van der Waals surface area contributed by atoms with Crippen molar-refractivity contribution >= 4 is 23.5 Å². The lowest BCUT2D eigenvalue weighted by Gasteiger charge is -2.09. The van der Waals surface area contributed by atoms with Gasteiger partial charge in [0, 0.05) is 24.7 Å². The number of anilines is 1. The van der Waals surface area contributed by atoms with Gasteiger partial charge in [-0.1, -0.05) is 30.3 Å². The number of ether oxygens (including phenoxy) is 1. The number of halogens is 1.